The van der Waals surface area contributed by atoms with E-state index in [-0.39, 0.29) is 0 Å². The normalized spacial score (nSPS) is 13.6. The van der Waals surface area contributed by atoms with Crippen LogP contribution in [0.4, 0.5) is 0 Å². The third-order valence-corrected chi connectivity index (χ3v) is 3.68. The molecule has 0 aromatic carbocycles. The van der Waals surface area contributed by atoms with Crippen LogP contribution in [0.15, 0.2) is 12.2 Å². The van der Waals surface area contributed by atoms with Crippen LogP contribution < -0.4 is 0 Å². The Morgan fingerprint density at radius 1 is 0.778 bits per heavy atom. The maximum absolute atomic E-state index is 2.40. The number of nitrogens with zero attached hydrogens (tertiary/aromatic N) is 1. The van der Waals surface area contributed by atoms with Gasteiger partial charge in [-0.15, -0.1) is 0 Å². The van der Waals surface area contributed by atoms with Gasteiger partial charge in [0.25, 0.3) is 0 Å². The summed E-state index contributed by atoms with van der Waals surface area (Å²) in [6, 6.07) is 0.775. The van der Waals surface area contributed by atoms with Crippen molar-refractivity contribution in [3.05, 3.63) is 12.2 Å². The first-order valence-corrected chi connectivity index (χ1v) is 8.03. The van der Waals surface area contributed by atoms with Crippen LogP contribution in [0.25, 0.3) is 0 Å². The lowest BCUT2D eigenvalue weighted by molar-refractivity contribution is 0.259. The minimum absolute atomic E-state index is 0.775. The Bertz CT molecular complexity index is 184. The third kappa shape index (κ3) is 10.8. The minimum atomic E-state index is 0.775. The maximum atomic E-state index is 2.40. The molecule has 108 valence electrons. The summed E-state index contributed by atoms with van der Waals surface area (Å²) in [5.74, 6) is 0. The first-order chi connectivity index (χ1) is 8.72. The summed E-state index contributed by atoms with van der Waals surface area (Å²) in [4.78, 5) is 2.40. The van der Waals surface area contributed by atoms with Crippen molar-refractivity contribution >= 4 is 0 Å². The molecule has 0 aliphatic carbocycles. The summed E-state index contributed by atoms with van der Waals surface area (Å²) in [6.07, 6.45) is 18.2. The van der Waals surface area contributed by atoms with E-state index in [0.717, 1.165) is 6.04 Å². The van der Waals surface area contributed by atoms with Gasteiger partial charge in [0.2, 0.25) is 0 Å². The topological polar surface area (TPSA) is 3.24 Å². The van der Waals surface area contributed by atoms with Crippen LogP contribution in [0, 0.1) is 0 Å². The second-order valence-electron chi connectivity index (χ2n) is 5.66. The van der Waals surface area contributed by atoms with E-state index in [1.54, 1.807) is 0 Å². The molecule has 0 fully saturated rings. The zero-order chi connectivity index (χ0) is 13.6. The van der Waals surface area contributed by atoms with E-state index in [9.17, 15) is 0 Å². The van der Waals surface area contributed by atoms with Crippen LogP contribution in [0.5, 0.6) is 0 Å². The molecule has 0 aromatic rings. The Morgan fingerprint density at radius 3 is 2.00 bits per heavy atom. The molecular weight excluding hydrogens is 218 g/mol. The molecule has 0 N–H and O–H groups in total. The molecule has 0 saturated carbocycles. The van der Waals surface area contributed by atoms with E-state index in [0.29, 0.717) is 0 Å². The van der Waals surface area contributed by atoms with Gasteiger partial charge in [0.15, 0.2) is 0 Å². The number of hydrogen-bond donors (Lipinski definition) is 0. The lowest BCUT2D eigenvalue weighted by Gasteiger charge is -2.23. The molecule has 0 aliphatic heterocycles. The molecule has 1 atom stereocenters. The van der Waals surface area contributed by atoms with E-state index in [1.165, 1.54) is 64.2 Å². The Kier molecular flexibility index (Phi) is 12.9. The largest absolute Gasteiger partial charge is 0.306 e. The molecule has 0 aliphatic rings. The van der Waals surface area contributed by atoms with Crippen molar-refractivity contribution in [3.8, 4) is 0 Å². The Balaban J connectivity index is 3.62. The molecule has 0 heterocycles. The molecule has 1 unspecified atom stereocenters. The van der Waals surface area contributed by atoms with Crippen LogP contribution in [-0.2, 0) is 0 Å². The van der Waals surface area contributed by atoms with Crippen molar-refractivity contribution in [2.24, 2.45) is 0 Å². The quantitative estimate of drug-likeness (QED) is 0.332. The first kappa shape index (κ1) is 17.7. The molecule has 0 aromatic heterocycles. The smallest absolute Gasteiger partial charge is 0.00921 e. The van der Waals surface area contributed by atoms with Gasteiger partial charge in [-0.3, -0.25) is 0 Å². The summed E-state index contributed by atoms with van der Waals surface area (Å²) in [5.41, 5.74) is 0. The fourth-order valence-corrected chi connectivity index (χ4v) is 2.33. The van der Waals surface area contributed by atoms with Crippen molar-refractivity contribution in [2.45, 2.75) is 84.1 Å². The van der Waals surface area contributed by atoms with E-state index >= 15 is 0 Å². The highest BCUT2D eigenvalue weighted by Gasteiger charge is 2.09. The van der Waals surface area contributed by atoms with Gasteiger partial charge < -0.3 is 4.90 Å². The van der Waals surface area contributed by atoms with Crippen molar-refractivity contribution in [1.82, 2.24) is 4.90 Å². The number of allylic oxidation sites excluding steroid dienone is 2. The highest BCUT2D eigenvalue weighted by atomic mass is 15.1. The van der Waals surface area contributed by atoms with Crippen LogP contribution in [0.2, 0.25) is 0 Å². The van der Waals surface area contributed by atoms with Crippen LogP contribution in [0.1, 0.15) is 78.1 Å². The Morgan fingerprint density at radius 2 is 1.39 bits per heavy atom. The molecule has 1 nitrogen and oxygen atoms in total. The maximum Gasteiger partial charge on any atom is 0.00921 e. The second-order valence-corrected chi connectivity index (χ2v) is 5.66. The van der Waals surface area contributed by atoms with E-state index in [2.05, 4.69) is 45.0 Å². The van der Waals surface area contributed by atoms with Crippen LogP contribution >= 0.6 is 0 Å². The third-order valence-electron chi connectivity index (χ3n) is 3.68. The SMILES string of the molecule is CCCCCC=CCCC(CCCCC)N(C)C. The lowest BCUT2D eigenvalue weighted by Crippen LogP contribution is -2.27. The van der Waals surface area contributed by atoms with Gasteiger partial charge in [-0.25, -0.2) is 0 Å². The highest BCUT2D eigenvalue weighted by molar-refractivity contribution is 4.83. The van der Waals surface area contributed by atoms with Gasteiger partial charge in [0, 0.05) is 6.04 Å². The summed E-state index contributed by atoms with van der Waals surface area (Å²) < 4.78 is 0. The molecule has 0 radical (unpaired) electrons. The predicted molar refractivity (Wildman–Crippen MR) is 84.1 cm³/mol. The number of rotatable bonds is 12. The van der Waals surface area contributed by atoms with Gasteiger partial charge in [-0.1, -0.05) is 58.1 Å². The van der Waals surface area contributed by atoms with Crippen molar-refractivity contribution in [1.29, 1.82) is 0 Å². The van der Waals surface area contributed by atoms with Crippen molar-refractivity contribution < 1.29 is 0 Å². The summed E-state index contributed by atoms with van der Waals surface area (Å²) >= 11 is 0. The molecule has 0 rings (SSSR count). The molecule has 18 heavy (non-hydrogen) atoms. The second kappa shape index (κ2) is 13.1. The van der Waals surface area contributed by atoms with Gasteiger partial charge >= 0.3 is 0 Å². The van der Waals surface area contributed by atoms with Gasteiger partial charge in [0.05, 0.1) is 0 Å². The Labute approximate surface area is 116 Å². The molecule has 1 heteroatoms. The summed E-state index contributed by atoms with van der Waals surface area (Å²) in [6.45, 7) is 4.55. The fraction of sp³-hybridized carbons (Fsp3) is 0.882. The molecule has 0 spiro atoms. The van der Waals surface area contributed by atoms with Gasteiger partial charge in [-0.2, -0.15) is 0 Å². The van der Waals surface area contributed by atoms with Crippen LogP contribution in [0.3, 0.4) is 0 Å². The number of unbranched alkanes of at least 4 members (excludes halogenated alkanes) is 5. The summed E-state index contributed by atoms with van der Waals surface area (Å²) in [7, 11) is 4.45. The standard InChI is InChI=1S/C17H35N/c1-5-7-9-10-11-12-14-16-17(18(3)4)15-13-8-6-2/h11-12,17H,5-10,13-16H2,1-4H3. The fourth-order valence-electron chi connectivity index (χ4n) is 2.33. The van der Waals surface area contributed by atoms with Crippen LogP contribution in [-0.4, -0.2) is 25.0 Å². The van der Waals surface area contributed by atoms with Crippen molar-refractivity contribution in [3.63, 3.8) is 0 Å². The van der Waals surface area contributed by atoms with E-state index < -0.39 is 0 Å². The zero-order valence-corrected chi connectivity index (χ0v) is 13.3. The summed E-state index contributed by atoms with van der Waals surface area (Å²) in [5, 5.41) is 0. The van der Waals surface area contributed by atoms with Gasteiger partial charge in [-0.05, 0) is 46.2 Å². The van der Waals surface area contributed by atoms with Crippen molar-refractivity contribution in [2.75, 3.05) is 14.1 Å². The monoisotopic (exact) mass is 253 g/mol. The van der Waals surface area contributed by atoms with E-state index in [1.807, 2.05) is 0 Å². The average Bonchev–Trinajstić information content (AvgIpc) is 2.35. The zero-order valence-electron chi connectivity index (χ0n) is 13.3. The van der Waals surface area contributed by atoms with E-state index in [4.69, 9.17) is 0 Å². The Hall–Kier alpha value is -0.300. The average molecular weight is 253 g/mol. The minimum Gasteiger partial charge on any atom is -0.306 e. The molecule has 0 amide bonds. The lowest BCUT2D eigenvalue weighted by atomic mass is 10.0. The first-order valence-electron chi connectivity index (χ1n) is 8.03. The van der Waals surface area contributed by atoms with Gasteiger partial charge in [0.1, 0.15) is 0 Å². The molecular formula is C17H35N. The highest BCUT2D eigenvalue weighted by Crippen LogP contribution is 2.13. The predicted octanol–water partition coefficient (Wildman–Crippen LogP) is 5.41. The number of hydrogen-bond acceptors (Lipinski definition) is 1. The molecule has 0 bridgehead atoms. The molecule has 0 saturated heterocycles.